The van der Waals surface area contributed by atoms with Crippen LogP contribution in [0.3, 0.4) is 0 Å². The topological polar surface area (TPSA) is 30.5 Å². The summed E-state index contributed by atoms with van der Waals surface area (Å²) < 4.78 is 24.4. The molecule has 1 rings (SSSR count). The van der Waals surface area contributed by atoms with E-state index >= 15 is 0 Å². The largest absolute Gasteiger partial charge is 0.497 e. The summed E-state index contributed by atoms with van der Waals surface area (Å²) in [6, 6.07) is 4.76. The molecule has 3 nitrogen and oxygen atoms in total. The van der Waals surface area contributed by atoms with E-state index < -0.39 is 0 Å². The van der Waals surface area contributed by atoms with E-state index in [1.807, 2.05) is 6.92 Å². The molecule has 18 heavy (non-hydrogen) atoms. The first-order chi connectivity index (χ1) is 8.63. The molecule has 4 heteroatoms. The Bertz CT molecular complexity index is 371. The minimum Gasteiger partial charge on any atom is -0.497 e. The summed E-state index contributed by atoms with van der Waals surface area (Å²) in [5, 5.41) is 3.31. The van der Waals surface area contributed by atoms with Crippen LogP contribution in [0, 0.1) is 5.82 Å². The Morgan fingerprint density at radius 3 is 2.56 bits per heavy atom. The number of rotatable bonds is 7. The Morgan fingerprint density at radius 1 is 1.33 bits per heavy atom. The highest BCUT2D eigenvalue weighted by Gasteiger charge is 2.21. The van der Waals surface area contributed by atoms with Crippen LogP contribution in [0.15, 0.2) is 18.2 Å². The van der Waals surface area contributed by atoms with Crippen LogP contribution in [0.2, 0.25) is 0 Å². The molecule has 1 aromatic rings. The first-order valence-electron chi connectivity index (χ1n) is 6.23. The Labute approximate surface area is 108 Å². The van der Waals surface area contributed by atoms with E-state index in [1.54, 1.807) is 19.2 Å². The predicted octanol–water partition coefficient (Wildman–Crippen LogP) is 2.91. The second kappa shape index (κ2) is 7.34. The van der Waals surface area contributed by atoms with Gasteiger partial charge in [0.15, 0.2) is 0 Å². The minimum atomic E-state index is -0.271. The fourth-order valence-electron chi connectivity index (χ4n) is 1.85. The summed E-state index contributed by atoms with van der Waals surface area (Å²) >= 11 is 0. The van der Waals surface area contributed by atoms with Gasteiger partial charge in [-0.25, -0.2) is 4.39 Å². The quantitative estimate of drug-likeness (QED) is 0.812. The summed E-state index contributed by atoms with van der Waals surface area (Å²) in [5.41, 5.74) is 0.610. The van der Waals surface area contributed by atoms with Crippen molar-refractivity contribution in [1.29, 1.82) is 0 Å². The van der Waals surface area contributed by atoms with Gasteiger partial charge in [0.2, 0.25) is 0 Å². The molecule has 0 aliphatic rings. The van der Waals surface area contributed by atoms with E-state index in [2.05, 4.69) is 12.2 Å². The van der Waals surface area contributed by atoms with Gasteiger partial charge in [0.1, 0.15) is 11.6 Å². The first-order valence-corrected chi connectivity index (χ1v) is 6.23. The maximum Gasteiger partial charge on any atom is 0.131 e. The summed E-state index contributed by atoms with van der Waals surface area (Å²) in [5.74, 6) is 0.252. The van der Waals surface area contributed by atoms with Crippen LogP contribution in [0.5, 0.6) is 5.75 Å². The smallest absolute Gasteiger partial charge is 0.131 e. The highest BCUT2D eigenvalue weighted by Crippen LogP contribution is 2.25. The van der Waals surface area contributed by atoms with Crippen LogP contribution in [0.1, 0.15) is 31.9 Å². The Balaban J connectivity index is 2.96. The highest BCUT2D eigenvalue weighted by atomic mass is 19.1. The average molecular weight is 255 g/mol. The fourth-order valence-corrected chi connectivity index (χ4v) is 1.85. The van der Waals surface area contributed by atoms with Crippen molar-refractivity contribution in [3.63, 3.8) is 0 Å². The second-order valence-corrected chi connectivity index (χ2v) is 4.26. The lowest BCUT2D eigenvalue weighted by Crippen LogP contribution is -2.32. The van der Waals surface area contributed by atoms with E-state index in [-0.39, 0.29) is 18.0 Å². The molecule has 0 fully saturated rings. The molecule has 0 saturated heterocycles. The number of nitrogens with one attached hydrogen (secondary N) is 1. The number of hydrogen-bond acceptors (Lipinski definition) is 3. The van der Waals surface area contributed by atoms with Gasteiger partial charge in [-0.3, -0.25) is 0 Å². The van der Waals surface area contributed by atoms with Gasteiger partial charge in [-0.2, -0.15) is 0 Å². The van der Waals surface area contributed by atoms with Crippen molar-refractivity contribution in [2.45, 2.75) is 32.4 Å². The molecule has 0 radical (unpaired) electrons. The van der Waals surface area contributed by atoms with Crippen molar-refractivity contribution in [3.8, 4) is 5.75 Å². The molecule has 0 aliphatic heterocycles. The molecule has 2 unspecified atom stereocenters. The van der Waals surface area contributed by atoms with Gasteiger partial charge in [0.05, 0.1) is 19.3 Å². The maximum absolute atomic E-state index is 14.0. The molecule has 0 spiro atoms. The van der Waals surface area contributed by atoms with Crippen LogP contribution in [-0.4, -0.2) is 26.9 Å². The molecule has 102 valence electrons. The van der Waals surface area contributed by atoms with Gasteiger partial charge in [-0.15, -0.1) is 0 Å². The fraction of sp³-hybridized carbons (Fsp3) is 0.571. The SMILES string of the molecule is CCCNC(c1ccc(OC)cc1F)C(C)OC. The Hall–Kier alpha value is -1.13. The van der Waals surface area contributed by atoms with Crippen molar-refractivity contribution in [2.24, 2.45) is 0 Å². The van der Waals surface area contributed by atoms with Crippen molar-refractivity contribution in [3.05, 3.63) is 29.6 Å². The number of hydrogen-bond donors (Lipinski definition) is 1. The average Bonchev–Trinajstić information content (AvgIpc) is 2.39. The molecular weight excluding hydrogens is 233 g/mol. The summed E-state index contributed by atoms with van der Waals surface area (Å²) in [6.45, 7) is 4.83. The minimum absolute atomic E-state index is 0.0977. The van der Waals surface area contributed by atoms with Gasteiger partial charge >= 0.3 is 0 Å². The Morgan fingerprint density at radius 2 is 2.06 bits per heavy atom. The lowest BCUT2D eigenvalue weighted by Gasteiger charge is -2.25. The van der Waals surface area contributed by atoms with E-state index in [1.165, 1.54) is 13.2 Å². The lowest BCUT2D eigenvalue weighted by molar-refractivity contribution is 0.0817. The van der Waals surface area contributed by atoms with Crippen LogP contribution in [0.25, 0.3) is 0 Å². The monoisotopic (exact) mass is 255 g/mol. The van der Waals surface area contributed by atoms with Crippen LogP contribution < -0.4 is 10.1 Å². The number of benzene rings is 1. The zero-order chi connectivity index (χ0) is 13.5. The lowest BCUT2D eigenvalue weighted by atomic mass is 10.0. The highest BCUT2D eigenvalue weighted by molar-refractivity contribution is 5.31. The standard InChI is InChI=1S/C14H22FNO2/c1-5-8-16-14(10(2)17-3)12-7-6-11(18-4)9-13(12)15/h6-7,9-10,14,16H,5,8H2,1-4H3. The molecule has 0 aromatic heterocycles. The van der Waals surface area contributed by atoms with E-state index in [0.717, 1.165) is 13.0 Å². The second-order valence-electron chi connectivity index (χ2n) is 4.26. The third kappa shape index (κ3) is 3.68. The Kier molecular flexibility index (Phi) is 6.09. The van der Waals surface area contributed by atoms with Crippen LogP contribution in [0.4, 0.5) is 4.39 Å². The van der Waals surface area contributed by atoms with E-state index in [9.17, 15) is 4.39 Å². The number of halogens is 1. The van der Waals surface area contributed by atoms with Gasteiger partial charge in [0.25, 0.3) is 0 Å². The molecule has 0 aliphatic carbocycles. The van der Waals surface area contributed by atoms with E-state index in [4.69, 9.17) is 9.47 Å². The van der Waals surface area contributed by atoms with Gasteiger partial charge in [-0.1, -0.05) is 13.0 Å². The van der Waals surface area contributed by atoms with Gasteiger partial charge < -0.3 is 14.8 Å². The van der Waals surface area contributed by atoms with E-state index in [0.29, 0.717) is 11.3 Å². The third-order valence-corrected chi connectivity index (χ3v) is 3.00. The van der Waals surface area contributed by atoms with Crippen molar-refractivity contribution in [2.75, 3.05) is 20.8 Å². The normalized spacial score (nSPS) is 14.3. The summed E-state index contributed by atoms with van der Waals surface area (Å²) in [4.78, 5) is 0. The number of ether oxygens (including phenoxy) is 2. The maximum atomic E-state index is 14.0. The molecule has 2 atom stereocenters. The molecule has 0 bridgehead atoms. The van der Waals surface area contributed by atoms with Crippen molar-refractivity contribution in [1.82, 2.24) is 5.32 Å². The van der Waals surface area contributed by atoms with Gasteiger partial charge in [-0.05, 0) is 26.0 Å². The van der Waals surface area contributed by atoms with Gasteiger partial charge in [0, 0.05) is 18.7 Å². The summed E-state index contributed by atoms with van der Waals surface area (Å²) in [7, 11) is 3.16. The molecule has 1 N–H and O–H groups in total. The zero-order valence-electron chi connectivity index (χ0n) is 11.5. The van der Waals surface area contributed by atoms with Crippen LogP contribution >= 0.6 is 0 Å². The molecule has 0 saturated carbocycles. The zero-order valence-corrected chi connectivity index (χ0v) is 11.5. The summed E-state index contributed by atoms with van der Waals surface area (Å²) in [6.07, 6.45) is 0.893. The molecule has 1 aromatic carbocycles. The van der Waals surface area contributed by atoms with Crippen molar-refractivity contribution >= 4 is 0 Å². The molecular formula is C14H22FNO2. The van der Waals surface area contributed by atoms with Crippen LogP contribution in [-0.2, 0) is 4.74 Å². The third-order valence-electron chi connectivity index (χ3n) is 3.00. The molecule has 0 heterocycles. The predicted molar refractivity (Wildman–Crippen MR) is 70.5 cm³/mol. The molecule has 0 amide bonds. The van der Waals surface area contributed by atoms with Crippen molar-refractivity contribution < 1.29 is 13.9 Å². The first kappa shape index (κ1) is 14.9. The number of methoxy groups -OCH3 is 2.